The van der Waals surface area contributed by atoms with Crippen molar-refractivity contribution in [3.8, 4) is 22.5 Å². The van der Waals surface area contributed by atoms with Gasteiger partial charge in [-0.1, -0.05) is 121 Å². The molecule has 0 spiro atoms. The van der Waals surface area contributed by atoms with Crippen LogP contribution in [0.1, 0.15) is 0 Å². The fourth-order valence-electron chi connectivity index (χ4n) is 7.47. The first kappa shape index (κ1) is 29.0. The number of pyridine rings is 3. The van der Waals surface area contributed by atoms with Crippen molar-refractivity contribution >= 4 is 71.3 Å². The van der Waals surface area contributed by atoms with Crippen LogP contribution >= 0.6 is 0 Å². The fourth-order valence-corrected chi connectivity index (χ4v) is 7.47. The van der Waals surface area contributed by atoms with Gasteiger partial charge in [-0.25, -0.2) is 9.97 Å². The van der Waals surface area contributed by atoms with Crippen molar-refractivity contribution < 1.29 is 0 Å². The zero-order chi connectivity index (χ0) is 33.7. The molecule has 0 fully saturated rings. The molecule has 10 aromatic rings. The molecule has 51 heavy (non-hydrogen) atoms. The first-order valence-electron chi connectivity index (χ1n) is 17.2. The molecule has 0 radical (unpaired) electrons. The van der Waals surface area contributed by atoms with Gasteiger partial charge >= 0.3 is 0 Å². The Bertz CT molecular complexity index is 2870. The number of aromatic nitrogens is 3. The maximum atomic E-state index is 5.48. The summed E-state index contributed by atoms with van der Waals surface area (Å²) in [7, 11) is 0. The van der Waals surface area contributed by atoms with Crippen LogP contribution in [0.4, 0.5) is 17.1 Å². The second kappa shape index (κ2) is 11.9. The Morgan fingerprint density at radius 2 is 1.06 bits per heavy atom. The molecule has 7 aromatic carbocycles. The van der Waals surface area contributed by atoms with Crippen LogP contribution in [0.2, 0.25) is 0 Å². The number of anilines is 3. The Balaban J connectivity index is 1.33. The monoisotopic (exact) mass is 650 g/mol. The van der Waals surface area contributed by atoms with E-state index in [4.69, 9.17) is 15.0 Å². The molecule has 0 unspecified atom stereocenters. The number of fused-ring (bicyclic) bond motifs is 8. The quantitative estimate of drug-likeness (QED) is 0.174. The van der Waals surface area contributed by atoms with Gasteiger partial charge in [-0.05, 0) is 65.4 Å². The summed E-state index contributed by atoms with van der Waals surface area (Å²) in [4.78, 5) is 17.8. The number of benzene rings is 7. The van der Waals surface area contributed by atoms with Gasteiger partial charge in [0.25, 0.3) is 0 Å². The van der Waals surface area contributed by atoms with Crippen LogP contribution in [0.15, 0.2) is 182 Å². The summed E-state index contributed by atoms with van der Waals surface area (Å²) >= 11 is 0. The molecule has 238 valence electrons. The van der Waals surface area contributed by atoms with Gasteiger partial charge < -0.3 is 4.90 Å². The van der Waals surface area contributed by atoms with Crippen molar-refractivity contribution in [2.45, 2.75) is 0 Å². The van der Waals surface area contributed by atoms with E-state index in [1.165, 1.54) is 10.8 Å². The summed E-state index contributed by atoms with van der Waals surface area (Å²) in [6.07, 6.45) is 1.84. The van der Waals surface area contributed by atoms with Gasteiger partial charge in [0.05, 0.1) is 33.6 Å². The summed E-state index contributed by atoms with van der Waals surface area (Å²) < 4.78 is 0. The lowest BCUT2D eigenvalue weighted by atomic mass is 9.92. The molecule has 0 atom stereocenters. The molecule has 3 heterocycles. The smallest absolute Gasteiger partial charge is 0.0972 e. The van der Waals surface area contributed by atoms with Gasteiger partial charge in [-0.2, -0.15) is 0 Å². The molecule has 0 saturated carbocycles. The lowest BCUT2D eigenvalue weighted by Gasteiger charge is -2.28. The molecule has 0 aliphatic heterocycles. The fraction of sp³-hybridized carbons (Fsp3) is 0. The third kappa shape index (κ3) is 4.88. The first-order valence-corrected chi connectivity index (χ1v) is 17.2. The highest BCUT2D eigenvalue weighted by Gasteiger charge is 2.23. The summed E-state index contributed by atoms with van der Waals surface area (Å²) in [6.45, 7) is 0. The number of para-hydroxylation sites is 2. The van der Waals surface area contributed by atoms with E-state index in [0.29, 0.717) is 0 Å². The first-order chi connectivity index (χ1) is 25.3. The average molecular weight is 651 g/mol. The third-order valence-corrected chi connectivity index (χ3v) is 9.81. The highest BCUT2D eigenvalue weighted by molar-refractivity contribution is 6.27. The molecule has 3 aromatic heterocycles. The largest absolute Gasteiger partial charge is 0.310 e. The van der Waals surface area contributed by atoms with E-state index in [1.807, 2.05) is 12.3 Å². The van der Waals surface area contributed by atoms with Crippen LogP contribution in [0.5, 0.6) is 0 Å². The second-order valence-electron chi connectivity index (χ2n) is 12.8. The lowest BCUT2D eigenvalue weighted by Crippen LogP contribution is -2.11. The maximum Gasteiger partial charge on any atom is 0.0972 e. The van der Waals surface area contributed by atoms with Crippen LogP contribution < -0.4 is 4.90 Å². The summed E-state index contributed by atoms with van der Waals surface area (Å²) in [6, 6.07) is 62.0. The predicted octanol–water partition coefficient (Wildman–Crippen LogP) is 12.4. The number of nitrogens with zero attached hydrogens (tertiary/aromatic N) is 4. The number of hydrogen-bond acceptors (Lipinski definition) is 4. The van der Waals surface area contributed by atoms with Gasteiger partial charge in [0.1, 0.15) is 0 Å². The van der Waals surface area contributed by atoms with E-state index in [9.17, 15) is 0 Å². The van der Waals surface area contributed by atoms with Gasteiger partial charge in [-0.15, -0.1) is 0 Å². The Labute approximate surface area is 294 Å². The van der Waals surface area contributed by atoms with Crippen molar-refractivity contribution in [3.05, 3.63) is 182 Å². The SMILES string of the molecule is c1ccc(-c2nc3ccc(-c4ccc5ccc6cccnc6c5n4)cc3c3c2c(N(c2ccccc2)c2ccccc2)cc2ccccc23)cc1. The predicted molar refractivity (Wildman–Crippen MR) is 213 cm³/mol. The topological polar surface area (TPSA) is 41.9 Å². The summed E-state index contributed by atoms with van der Waals surface area (Å²) in [5.41, 5.74) is 9.93. The minimum absolute atomic E-state index is 0.901. The Hall–Kier alpha value is -6.91. The van der Waals surface area contributed by atoms with Crippen LogP contribution in [0, 0.1) is 0 Å². The molecule has 0 saturated heterocycles. The Morgan fingerprint density at radius 3 is 1.82 bits per heavy atom. The molecule has 0 amide bonds. The van der Waals surface area contributed by atoms with Gasteiger partial charge in [0.15, 0.2) is 0 Å². The third-order valence-electron chi connectivity index (χ3n) is 9.81. The van der Waals surface area contributed by atoms with E-state index < -0.39 is 0 Å². The zero-order valence-electron chi connectivity index (χ0n) is 27.6. The van der Waals surface area contributed by atoms with E-state index in [2.05, 4.69) is 175 Å². The van der Waals surface area contributed by atoms with Crippen molar-refractivity contribution in [1.82, 2.24) is 15.0 Å². The minimum Gasteiger partial charge on any atom is -0.310 e. The van der Waals surface area contributed by atoms with E-state index in [0.717, 1.165) is 83.1 Å². The average Bonchev–Trinajstić information content (AvgIpc) is 3.21. The molecule has 4 heteroatoms. The minimum atomic E-state index is 0.901. The summed E-state index contributed by atoms with van der Waals surface area (Å²) in [5.74, 6) is 0. The van der Waals surface area contributed by atoms with Gasteiger partial charge in [0.2, 0.25) is 0 Å². The zero-order valence-corrected chi connectivity index (χ0v) is 27.6. The van der Waals surface area contributed by atoms with E-state index in [1.54, 1.807) is 0 Å². The van der Waals surface area contributed by atoms with E-state index >= 15 is 0 Å². The standard InChI is InChI=1S/C47H30N4/c1-4-13-31(14-5-1)45-44-42(51(36-17-6-2-7-18-36)37-19-8-3-9-20-37)30-34-15-10-11-21-38(34)43(44)39-29-35(25-27-41(39)50-45)40-26-24-33-23-22-32-16-12-28-48-46(32)47(33)49-40/h1-30H. The van der Waals surface area contributed by atoms with Crippen LogP contribution in [0.25, 0.3) is 76.8 Å². The van der Waals surface area contributed by atoms with Crippen LogP contribution in [-0.4, -0.2) is 15.0 Å². The molecule has 0 aliphatic rings. The highest BCUT2D eigenvalue weighted by atomic mass is 15.1. The highest BCUT2D eigenvalue weighted by Crippen LogP contribution is 2.47. The molecular formula is C47H30N4. The molecule has 4 nitrogen and oxygen atoms in total. The van der Waals surface area contributed by atoms with Crippen LogP contribution in [0.3, 0.4) is 0 Å². The molecule has 0 aliphatic carbocycles. The second-order valence-corrected chi connectivity index (χ2v) is 12.8. The van der Waals surface area contributed by atoms with Crippen LogP contribution in [-0.2, 0) is 0 Å². The molecule has 0 bridgehead atoms. The van der Waals surface area contributed by atoms with Crippen molar-refractivity contribution in [2.24, 2.45) is 0 Å². The lowest BCUT2D eigenvalue weighted by molar-refractivity contribution is 1.30. The number of rotatable bonds is 5. The molecular weight excluding hydrogens is 621 g/mol. The summed E-state index contributed by atoms with van der Waals surface area (Å²) in [5, 5.41) is 7.84. The number of hydrogen-bond donors (Lipinski definition) is 0. The van der Waals surface area contributed by atoms with Gasteiger partial charge in [0, 0.05) is 55.6 Å². The van der Waals surface area contributed by atoms with Crippen molar-refractivity contribution in [1.29, 1.82) is 0 Å². The maximum absolute atomic E-state index is 5.48. The normalized spacial score (nSPS) is 11.5. The van der Waals surface area contributed by atoms with Crippen molar-refractivity contribution in [2.75, 3.05) is 4.90 Å². The molecule has 10 rings (SSSR count). The molecule has 0 N–H and O–H groups in total. The van der Waals surface area contributed by atoms with Crippen molar-refractivity contribution in [3.63, 3.8) is 0 Å². The Kier molecular flexibility index (Phi) is 6.78. The Morgan fingerprint density at radius 1 is 0.412 bits per heavy atom. The van der Waals surface area contributed by atoms with E-state index in [-0.39, 0.29) is 0 Å². The van der Waals surface area contributed by atoms with Gasteiger partial charge in [-0.3, -0.25) is 4.98 Å².